The Morgan fingerprint density at radius 3 is 2.91 bits per heavy atom. The number of ether oxygens (including phenoxy) is 1. The van der Waals surface area contributed by atoms with E-state index >= 15 is 0 Å². The number of piperidine rings is 1. The molecule has 1 aromatic rings. The van der Waals surface area contributed by atoms with E-state index in [4.69, 9.17) is 4.74 Å². The number of allylic oxidation sites excluding steroid dienone is 1. The first-order valence-electron chi connectivity index (χ1n) is 12.4. The van der Waals surface area contributed by atoms with E-state index in [0.717, 1.165) is 51.0 Å². The van der Waals surface area contributed by atoms with Crippen LogP contribution in [0, 0.1) is 29.1 Å². The van der Waals surface area contributed by atoms with E-state index in [1.54, 1.807) is 6.07 Å². The fourth-order valence-corrected chi connectivity index (χ4v) is 7.70. The number of likely N-dealkylation sites (tertiary alicyclic amines) is 1. The molecule has 2 bridgehead atoms. The number of fused-ring (bicyclic) bond motifs is 6. The number of carbonyl (C=O) groups excluding carboxylic acids is 1. The van der Waals surface area contributed by atoms with Crippen molar-refractivity contribution in [1.29, 1.82) is 0 Å². The highest BCUT2D eigenvalue weighted by Crippen LogP contribution is 2.56. The van der Waals surface area contributed by atoms with Crippen LogP contribution in [0.2, 0.25) is 0 Å². The molecule has 3 aliphatic heterocycles. The van der Waals surface area contributed by atoms with Crippen LogP contribution in [-0.4, -0.2) is 52.4 Å². The normalized spacial score (nSPS) is 43.0. The lowest BCUT2D eigenvalue weighted by Gasteiger charge is -2.52. The Bertz CT molecular complexity index is 1030. The van der Waals surface area contributed by atoms with Gasteiger partial charge in [-0.15, -0.1) is 0 Å². The number of carbonyl (C=O) groups is 1. The molecule has 0 aromatic carbocycles. The zero-order valence-electron chi connectivity index (χ0n) is 19.1. The number of hydrogen-bond acceptors (Lipinski definition) is 5. The summed E-state index contributed by atoms with van der Waals surface area (Å²) >= 11 is 0. The van der Waals surface area contributed by atoms with Crippen molar-refractivity contribution in [2.24, 2.45) is 29.1 Å². The van der Waals surface area contributed by atoms with Gasteiger partial charge in [0.05, 0.1) is 12.0 Å². The molecular weight excluding hydrogens is 404 g/mol. The molecule has 0 radical (unpaired) electrons. The van der Waals surface area contributed by atoms with Crippen molar-refractivity contribution < 1.29 is 14.6 Å². The molecule has 5 aliphatic rings. The second kappa shape index (κ2) is 7.29. The molecule has 2 saturated heterocycles. The zero-order chi connectivity index (χ0) is 22.2. The SMILES string of the molecule is C[C@H]1CCC=C2C[C@H]3OC(=O)[C@@H](CN4C[C@H]5C[C@@H](C4)c4cccc(=O)n4C5)[C@H]3[C@@H](O)[C@@]21C. The standard InChI is InChI=1S/C26H34N2O4/c1-15-5-3-6-18-10-21-23(24(30)26(15,18)2)19(25(31)32-21)14-27-11-16-9-17(13-27)20-7-4-8-22(29)28(20)12-16/h4,6-8,15-17,19,21,23-24,30H,3,5,9-14H2,1-2H3/t15-,16+,17-,19-,21+,23+,24+,26+/m0/s1. The van der Waals surface area contributed by atoms with Crippen LogP contribution < -0.4 is 5.56 Å². The summed E-state index contributed by atoms with van der Waals surface area (Å²) in [6.07, 6.45) is 5.54. The van der Waals surface area contributed by atoms with Crippen LogP contribution in [0.1, 0.15) is 51.1 Å². The van der Waals surface area contributed by atoms with Gasteiger partial charge in [0.2, 0.25) is 0 Å². The van der Waals surface area contributed by atoms with E-state index < -0.39 is 6.10 Å². The van der Waals surface area contributed by atoms with Gasteiger partial charge in [-0.3, -0.25) is 9.59 Å². The summed E-state index contributed by atoms with van der Waals surface area (Å²) in [7, 11) is 0. The largest absolute Gasteiger partial charge is 0.461 e. The van der Waals surface area contributed by atoms with Gasteiger partial charge in [0.1, 0.15) is 6.10 Å². The lowest BCUT2D eigenvalue weighted by molar-refractivity contribution is -0.145. The highest BCUT2D eigenvalue weighted by molar-refractivity contribution is 5.76. The Balaban J connectivity index is 1.25. The summed E-state index contributed by atoms with van der Waals surface area (Å²) in [5.41, 5.74) is 2.25. The number of pyridine rings is 1. The summed E-state index contributed by atoms with van der Waals surface area (Å²) in [5.74, 6) is 0.601. The molecule has 6 heteroatoms. The minimum absolute atomic E-state index is 0.0943. The first-order chi connectivity index (χ1) is 15.4. The van der Waals surface area contributed by atoms with Crippen LogP contribution in [0.5, 0.6) is 0 Å². The van der Waals surface area contributed by atoms with Crippen LogP contribution >= 0.6 is 0 Å². The van der Waals surface area contributed by atoms with E-state index in [1.165, 1.54) is 5.57 Å². The second-order valence-electron chi connectivity index (χ2n) is 11.2. The van der Waals surface area contributed by atoms with Crippen molar-refractivity contribution in [1.82, 2.24) is 9.47 Å². The molecule has 6 rings (SSSR count). The molecule has 0 unspecified atom stereocenters. The Kier molecular flexibility index (Phi) is 4.71. The minimum Gasteiger partial charge on any atom is -0.461 e. The predicted octanol–water partition coefficient (Wildman–Crippen LogP) is 2.55. The third-order valence-electron chi connectivity index (χ3n) is 9.58. The third-order valence-corrected chi connectivity index (χ3v) is 9.58. The van der Waals surface area contributed by atoms with Gasteiger partial charge in [-0.1, -0.05) is 31.6 Å². The van der Waals surface area contributed by atoms with E-state index in [1.807, 2.05) is 10.6 Å². The van der Waals surface area contributed by atoms with Crippen molar-refractivity contribution in [2.45, 2.75) is 64.2 Å². The molecule has 0 spiro atoms. The van der Waals surface area contributed by atoms with E-state index in [-0.39, 0.29) is 34.9 Å². The van der Waals surface area contributed by atoms with Gasteiger partial charge in [-0.05, 0) is 37.2 Å². The number of hydrogen-bond donors (Lipinski definition) is 1. The molecule has 8 atom stereocenters. The monoisotopic (exact) mass is 438 g/mol. The molecule has 3 fully saturated rings. The minimum atomic E-state index is -0.553. The van der Waals surface area contributed by atoms with Gasteiger partial charge in [-0.25, -0.2) is 0 Å². The number of aliphatic hydroxyl groups is 1. The number of nitrogens with zero attached hydrogens (tertiary/aromatic N) is 2. The van der Waals surface area contributed by atoms with Crippen LogP contribution in [0.4, 0.5) is 0 Å². The molecule has 172 valence electrons. The Morgan fingerprint density at radius 1 is 1.22 bits per heavy atom. The molecule has 1 saturated carbocycles. The molecule has 32 heavy (non-hydrogen) atoms. The van der Waals surface area contributed by atoms with Gasteiger partial charge in [-0.2, -0.15) is 0 Å². The first kappa shape index (κ1) is 20.7. The van der Waals surface area contributed by atoms with E-state index in [0.29, 0.717) is 24.3 Å². The summed E-state index contributed by atoms with van der Waals surface area (Å²) in [6.45, 7) is 7.60. The molecule has 2 aliphatic carbocycles. The summed E-state index contributed by atoms with van der Waals surface area (Å²) in [4.78, 5) is 27.7. The van der Waals surface area contributed by atoms with Crippen molar-refractivity contribution >= 4 is 5.97 Å². The molecule has 0 amide bonds. The van der Waals surface area contributed by atoms with Gasteiger partial charge in [0, 0.05) is 61.6 Å². The molecule has 1 N–H and O–H groups in total. The Morgan fingerprint density at radius 2 is 2.06 bits per heavy atom. The van der Waals surface area contributed by atoms with E-state index in [9.17, 15) is 14.7 Å². The first-order valence-corrected chi connectivity index (χ1v) is 12.4. The zero-order valence-corrected chi connectivity index (χ0v) is 19.1. The molecule has 6 nitrogen and oxygen atoms in total. The lowest BCUT2D eigenvalue weighted by Crippen LogP contribution is -2.55. The Labute approximate surface area is 189 Å². The topological polar surface area (TPSA) is 71.8 Å². The molecule has 4 heterocycles. The number of aliphatic hydroxyl groups excluding tert-OH is 1. The van der Waals surface area contributed by atoms with Crippen LogP contribution in [-0.2, 0) is 16.1 Å². The van der Waals surface area contributed by atoms with Gasteiger partial charge >= 0.3 is 5.97 Å². The summed E-state index contributed by atoms with van der Waals surface area (Å²) in [5, 5.41) is 11.6. The molecular formula is C26H34N2O4. The smallest absolute Gasteiger partial charge is 0.311 e. The fourth-order valence-electron chi connectivity index (χ4n) is 7.70. The number of esters is 1. The highest BCUT2D eigenvalue weighted by atomic mass is 16.6. The van der Waals surface area contributed by atoms with Crippen molar-refractivity contribution in [3.8, 4) is 0 Å². The average molecular weight is 439 g/mol. The van der Waals surface area contributed by atoms with Crippen LogP contribution in [0.3, 0.4) is 0 Å². The van der Waals surface area contributed by atoms with Gasteiger partial charge in [0.15, 0.2) is 0 Å². The Hall–Kier alpha value is -1.92. The highest BCUT2D eigenvalue weighted by Gasteiger charge is 2.60. The summed E-state index contributed by atoms with van der Waals surface area (Å²) < 4.78 is 7.82. The van der Waals surface area contributed by atoms with Crippen LogP contribution in [0.25, 0.3) is 0 Å². The maximum Gasteiger partial charge on any atom is 0.311 e. The van der Waals surface area contributed by atoms with Gasteiger partial charge in [0.25, 0.3) is 5.56 Å². The quantitative estimate of drug-likeness (QED) is 0.568. The van der Waals surface area contributed by atoms with Crippen molar-refractivity contribution in [3.05, 3.63) is 45.9 Å². The second-order valence-corrected chi connectivity index (χ2v) is 11.2. The van der Waals surface area contributed by atoms with Gasteiger partial charge < -0.3 is 19.3 Å². The average Bonchev–Trinajstić information content (AvgIpc) is 3.06. The lowest BCUT2D eigenvalue weighted by atomic mass is 9.55. The molecule has 1 aromatic heterocycles. The summed E-state index contributed by atoms with van der Waals surface area (Å²) in [6, 6.07) is 5.59. The van der Waals surface area contributed by atoms with Crippen LogP contribution in [0.15, 0.2) is 34.6 Å². The maximum absolute atomic E-state index is 13.0. The van der Waals surface area contributed by atoms with E-state index in [2.05, 4.69) is 30.9 Å². The number of rotatable bonds is 2. The maximum atomic E-state index is 13.0. The fraction of sp³-hybridized carbons (Fsp3) is 0.692. The number of aromatic nitrogens is 1. The predicted molar refractivity (Wildman–Crippen MR) is 120 cm³/mol. The third kappa shape index (κ3) is 2.91. The van der Waals surface area contributed by atoms with Crippen molar-refractivity contribution in [2.75, 3.05) is 19.6 Å². The van der Waals surface area contributed by atoms with Crippen molar-refractivity contribution in [3.63, 3.8) is 0 Å².